The summed E-state index contributed by atoms with van der Waals surface area (Å²) in [5, 5.41) is 15.7. The molecule has 0 spiro atoms. The maximum absolute atomic E-state index is 13.2. The van der Waals surface area contributed by atoms with Crippen LogP contribution in [-0.2, 0) is 16.5 Å². The lowest BCUT2D eigenvalue weighted by atomic mass is 9.77. The highest BCUT2D eigenvalue weighted by molar-refractivity contribution is 7.86. The van der Waals surface area contributed by atoms with E-state index < -0.39 is 27.4 Å². The monoisotopic (exact) mass is 652 g/mol. The molecular weight excluding hydrogens is 612 g/mol. The lowest BCUT2D eigenvalue weighted by molar-refractivity contribution is 0.0696. The zero-order chi connectivity index (χ0) is 34.2. The molecule has 0 saturated heterocycles. The van der Waals surface area contributed by atoms with Crippen molar-refractivity contribution in [3.8, 4) is 0 Å². The van der Waals surface area contributed by atoms with Gasteiger partial charge in [-0.2, -0.15) is 8.42 Å². The number of hydrogen-bond donors (Lipinski definition) is 3. The molecular formula is C38H40N2O6S. The van der Waals surface area contributed by atoms with E-state index in [1.807, 2.05) is 39.8 Å². The molecule has 0 aromatic heterocycles. The number of nitrogens with zero attached hydrogens (tertiary/aromatic N) is 1. The van der Waals surface area contributed by atoms with Crippen LogP contribution in [0.25, 0.3) is 16.7 Å². The summed E-state index contributed by atoms with van der Waals surface area (Å²) in [6.07, 6.45) is 5.28. The third-order valence-electron chi connectivity index (χ3n) is 9.05. The van der Waals surface area contributed by atoms with Gasteiger partial charge in [-0.05, 0) is 121 Å². The van der Waals surface area contributed by atoms with Gasteiger partial charge in [-0.1, -0.05) is 39.0 Å². The van der Waals surface area contributed by atoms with Crippen molar-refractivity contribution >= 4 is 44.3 Å². The largest absolute Gasteiger partial charge is 0.478 e. The Balaban J connectivity index is 1.76. The number of allylic oxidation sites excluding steroid dienone is 1. The molecule has 3 aliphatic rings. The molecule has 2 heterocycles. The smallest absolute Gasteiger partial charge is 0.336 e. The Kier molecular flexibility index (Phi) is 7.72. The Bertz CT molecular complexity index is 2200. The Labute approximate surface area is 275 Å². The van der Waals surface area contributed by atoms with E-state index in [2.05, 4.69) is 44.3 Å². The Morgan fingerprint density at radius 1 is 0.915 bits per heavy atom. The first-order chi connectivity index (χ1) is 21.9. The van der Waals surface area contributed by atoms with Crippen LogP contribution in [0, 0.1) is 5.92 Å². The number of hydrogen-bond acceptors (Lipinski definition) is 6. The number of benzene rings is 3. The van der Waals surface area contributed by atoms with Gasteiger partial charge in [0.15, 0.2) is 5.78 Å². The second-order valence-electron chi connectivity index (χ2n) is 14.2. The maximum Gasteiger partial charge on any atom is 0.336 e. The van der Waals surface area contributed by atoms with Crippen molar-refractivity contribution in [2.45, 2.75) is 72.4 Å². The highest BCUT2D eigenvalue weighted by Gasteiger charge is 2.32. The minimum atomic E-state index is -4.36. The number of Topliss-reactive ketones (excluding diaryl/α,β-unsaturated/α-hetero) is 1. The van der Waals surface area contributed by atoms with Gasteiger partial charge < -0.3 is 10.4 Å². The van der Waals surface area contributed by atoms with Crippen molar-refractivity contribution in [3.63, 3.8) is 0 Å². The lowest BCUT2D eigenvalue weighted by Crippen LogP contribution is -2.34. The molecule has 0 radical (unpaired) electrons. The van der Waals surface area contributed by atoms with Crippen molar-refractivity contribution < 1.29 is 27.7 Å². The third-order valence-corrected chi connectivity index (χ3v) is 9.73. The van der Waals surface area contributed by atoms with Gasteiger partial charge >= 0.3 is 5.97 Å². The molecule has 0 saturated carbocycles. The van der Waals surface area contributed by atoms with Gasteiger partial charge in [0.2, 0.25) is 0 Å². The van der Waals surface area contributed by atoms with E-state index in [0.717, 1.165) is 50.5 Å². The first-order valence-electron chi connectivity index (χ1n) is 15.9. The molecule has 0 unspecified atom stereocenters. The van der Waals surface area contributed by atoms with Crippen LogP contribution in [0.1, 0.15) is 109 Å². The first-order valence-corrected chi connectivity index (χ1v) is 17.5. The van der Waals surface area contributed by atoms with Crippen molar-refractivity contribution in [3.05, 3.63) is 110 Å². The molecule has 244 valence electrons. The van der Waals surface area contributed by atoms with Crippen molar-refractivity contribution in [1.29, 1.82) is 0 Å². The SMILES string of the molecule is CCC1=CC(C)(C)N=c2cc3c(cc21)=C(c1cc(C(=O)C(C)C)ccc1C(=O)O)c1cc2c(cc1C3)NC(C)(C)C=C2CS(=O)(=O)O. The Morgan fingerprint density at radius 3 is 2.28 bits per heavy atom. The van der Waals surface area contributed by atoms with Gasteiger partial charge in [0.1, 0.15) is 5.75 Å². The average Bonchev–Trinajstić information content (AvgIpc) is 2.95. The number of carboxylic acid groups (broad SMARTS) is 1. The predicted octanol–water partition coefficient (Wildman–Crippen LogP) is 6.06. The summed E-state index contributed by atoms with van der Waals surface area (Å²) >= 11 is 0. The zero-order valence-corrected chi connectivity index (χ0v) is 28.6. The van der Waals surface area contributed by atoms with E-state index in [-0.39, 0.29) is 22.8 Å². The average molecular weight is 653 g/mol. The van der Waals surface area contributed by atoms with Crippen molar-refractivity contribution in [2.24, 2.45) is 10.9 Å². The minimum absolute atomic E-state index is 0.0552. The summed E-state index contributed by atoms with van der Waals surface area (Å²) in [7, 11) is -4.36. The van der Waals surface area contributed by atoms with E-state index in [0.29, 0.717) is 34.3 Å². The number of carbonyl (C=O) groups excluding carboxylic acids is 1. The predicted molar refractivity (Wildman–Crippen MR) is 185 cm³/mol. The number of rotatable bonds is 7. The summed E-state index contributed by atoms with van der Waals surface area (Å²) in [6, 6.07) is 12.8. The summed E-state index contributed by atoms with van der Waals surface area (Å²) in [4.78, 5) is 31.1. The van der Waals surface area contributed by atoms with Crippen LogP contribution in [0.15, 0.2) is 59.6 Å². The molecule has 9 heteroatoms. The zero-order valence-electron chi connectivity index (χ0n) is 27.8. The molecule has 0 fully saturated rings. The molecule has 2 aliphatic heterocycles. The van der Waals surface area contributed by atoms with Crippen LogP contribution in [-0.4, -0.2) is 46.7 Å². The number of ketones is 1. The van der Waals surface area contributed by atoms with E-state index in [1.165, 1.54) is 6.07 Å². The molecule has 0 bridgehead atoms. The lowest BCUT2D eigenvalue weighted by Gasteiger charge is -2.34. The fourth-order valence-electron chi connectivity index (χ4n) is 7.17. The van der Waals surface area contributed by atoms with Crippen LogP contribution < -0.4 is 15.9 Å². The molecule has 1 aliphatic carbocycles. The maximum atomic E-state index is 13.2. The summed E-state index contributed by atoms with van der Waals surface area (Å²) in [6.45, 7) is 13.7. The normalized spacial score (nSPS) is 17.3. The van der Waals surface area contributed by atoms with Crippen LogP contribution in [0.3, 0.4) is 0 Å². The van der Waals surface area contributed by atoms with E-state index in [4.69, 9.17) is 4.99 Å². The van der Waals surface area contributed by atoms with Crippen LogP contribution in [0.5, 0.6) is 0 Å². The number of fused-ring (bicyclic) bond motifs is 4. The number of carbonyl (C=O) groups is 2. The fraction of sp³-hybridized carbons (Fsp3) is 0.342. The molecule has 0 amide bonds. The number of carboxylic acids is 1. The summed E-state index contributed by atoms with van der Waals surface area (Å²) in [5.41, 5.74) is 7.10. The quantitative estimate of drug-likeness (QED) is 0.163. The molecule has 47 heavy (non-hydrogen) atoms. The molecule has 0 atom stereocenters. The van der Waals surface area contributed by atoms with Gasteiger partial charge in [0.25, 0.3) is 10.1 Å². The fourth-order valence-corrected chi connectivity index (χ4v) is 7.80. The molecule has 8 nitrogen and oxygen atoms in total. The molecule has 3 aromatic rings. The Morgan fingerprint density at radius 2 is 1.64 bits per heavy atom. The third kappa shape index (κ3) is 6.10. The first kappa shape index (κ1) is 32.6. The molecule has 3 aromatic carbocycles. The van der Waals surface area contributed by atoms with Gasteiger partial charge in [-0.25, -0.2) is 4.79 Å². The van der Waals surface area contributed by atoms with Crippen LogP contribution in [0.2, 0.25) is 0 Å². The standard InChI is InChI=1S/C38H40N2O6S/c1-8-21-17-37(4,5)39-32-13-23-11-24-14-33-28(25(19-47(44,45)46)18-38(6,7)40-33)16-30(24)34(29(23)15-27(21)32)31-12-22(35(41)20(2)3)9-10-26(31)36(42)43/h9-10,12-18,20,40H,8,11,19H2,1-7H3,(H,42,43)(H,44,45,46). The topological polar surface area (TPSA) is 133 Å². The number of anilines is 1. The van der Waals surface area contributed by atoms with Gasteiger partial charge in [-0.3, -0.25) is 14.3 Å². The van der Waals surface area contributed by atoms with Crippen molar-refractivity contribution in [1.82, 2.24) is 0 Å². The highest BCUT2D eigenvalue weighted by Crippen LogP contribution is 2.41. The summed E-state index contributed by atoms with van der Waals surface area (Å²) in [5.74, 6) is -2.08. The minimum Gasteiger partial charge on any atom is -0.478 e. The van der Waals surface area contributed by atoms with Gasteiger partial charge in [0.05, 0.1) is 22.0 Å². The van der Waals surface area contributed by atoms with E-state index in [9.17, 15) is 27.7 Å². The van der Waals surface area contributed by atoms with E-state index in [1.54, 1.807) is 18.2 Å². The number of nitrogens with one attached hydrogen (secondary N) is 1. The Hall–Kier alpha value is -4.34. The van der Waals surface area contributed by atoms with Gasteiger partial charge in [-0.15, -0.1) is 0 Å². The summed E-state index contributed by atoms with van der Waals surface area (Å²) < 4.78 is 34.2. The van der Waals surface area contributed by atoms with Gasteiger partial charge in [0, 0.05) is 28.3 Å². The second-order valence-corrected chi connectivity index (χ2v) is 15.7. The van der Waals surface area contributed by atoms with E-state index >= 15 is 0 Å². The molecule has 6 rings (SSSR count). The number of aromatic carboxylic acids is 1. The van der Waals surface area contributed by atoms with Crippen LogP contribution in [0.4, 0.5) is 5.69 Å². The van der Waals surface area contributed by atoms with Crippen LogP contribution >= 0.6 is 0 Å². The highest BCUT2D eigenvalue weighted by atomic mass is 32.2. The van der Waals surface area contributed by atoms with Crippen molar-refractivity contribution in [2.75, 3.05) is 11.1 Å². The second kappa shape index (κ2) is 11.1. The molecule has 3 N–H and O–H groups in total.